The predicted octanol–water partition coefficient (Wildman–Crippen LogP) is 3.80. The van der Waals surface area contributed by atoms with Crippen LogP contribution in [0.15, 0.2) is 24.3 Å². The van der Waals surface area contributed by atoms with Crippen LogP contribution in [0.3, 0.4) is 0 Å². The first-order valence-electron chi connectivity index (χ1n) is 7.89. The molecule has 0 heterocycles. The molecule has 1 saturated carbocycles. The van der Waals surface area contributed by atoms with Crippen molar-refractivity contribution in [2.75, 3.05) is 11.9 Å². The number of hydrogen-bond donors (Lipinski definition) is 3. The van der Waals surface area contributed by atoms with Gasteiger partial charge in [-0.1, -0.05) is 38.3 Å². The van der Waals surface area contributed by atoms with Gasteiger partial charge in [-0.05, 0) is 42.9 Å². The molecule has 2 amide bonds. The maximum Gasteiger partial charge on any atom is 0.319 e. The highest BCUT2D eigenvalue weighted by Gasteiger charge is 2.27. The first kappa shape index (κ1) is 15.8. The Morgan fingerprint density at radius 1 is 1.33 bits per heavy atom. The van der Waals surface area contributed by atoms with Crippen molar-refractivity contribution in [2.45, 2.75) is 52.0 Å². The van der Waals surface area contributed by atoms with Crippen molar-refractivity contribution in [1.82, 2.24) is 5.32 Å². The van der Waals surface area contributed by atoms with Gasteiger partial charge in [0.2, 0.25) is 0 Å². The number of urea groups is 1. The molecule has 21 heavy (non-hydrogen) atoms. The van der Waals surface area contributed by atoms with Crippen LogP contribution >= 0.6 is 0 Å². The van der Waals surface area contributed by atoms with E-state index >= 15 is 0 Å². The van der Waals surface area contributed by atoms with E-state index in [2.05, 4.69) is 17.6 Å². The van der Waals surface area contributed by atoms with Crippen molar-refractivity contribution in [3.63, 3.8) is 0 Å². The molecule has 4 N–H and O–H groups in total. The van der Waals surface area contributed by atoms with E-state index in [1.807, 2.05) is 31.2 Å². The highest BCUT2D eigenvalue weighted by molar-refractivity contribution is 5.89. The fraction of sp³-hybridized carbons (Fsp3) is 0.588. The van der Waals surface area contributed by atoms with Crippen molar-refractivity contribution < 1.29 is 4.79 Å². The van der Waals surface area contributed by atoms with E-state index in [1.54, 1.807) is 0 Å². The zero-order valence-corrected chi connectivity index (χ0v) is 13.1. The average molecular weight is 289 g/mol. The molecule has 0 saturated heterocycles. The smallest absolute Gasteiger partial charge is 0.319 e. The summed E-state index contributed by atoms with van der Waals surface area (Å²) >= 11 is 0. The predicted molar refractivity (Wildman–Crippen MR) is 87.3 cm³/mol. The van der Waals surface area contributed by atoms with Crippen LogP contribution in [0.25, 0.3) is 0 Å². The van der Waals surface area contributed by atoms with Gasteiger partial charge in [0.25, 0.3) is 0 Å². The highest BCUT2D eigenvalue weighted by Crippen LogP contribution is 2.34. The van der Waals surface area contributed by atoms with Gasteiger partial charge < -0.3 is 16.4 Å². The van der Waals surface area contributed by atoms with Gasteiger partial charge in [0.1, 0.15) is 0 Å². The molecule has 0 bridgehead atoms. The van der Waals surface area contributed by atoms with E-state index in [1.165, 1.54) is 32.1 Å². The van der Waals surface area contributed by atoms with E-state index in [-0.39, 0.29) is 17.5 Å². The van der Waals surface area contributed by atoms with Crippen LogP contribution in [0.1, 0.15) is 57.6 Å². The summed E-state index contributed by atoms with van der Waals surface area (Å²) in [6.45, 7) is 4.94. The Morgan fingerprint density at radius 3 is 2.71 bits per heavy atom. The molecule has 1 unspecified atom stereocenters. The van der Waals surface area contributed by atoms with E-state index in [0.29, 0.717) is 0 Å². The van der Waals surface area contributed by atoms with Gasteiger partial charge in [-0.15, -0.1) is 0 Å². The molecule has 0 radical (unpaired) electrons. The lowest BCUT2D eigenvalue weighted by molar-refractivity contribution is 0.204. The summed E-state index contributed by atoms with van der Waals surface area (Å²) in [4.78, 5) is 12.0. The van der Waals surface area contributed by atoms with Crippen molar-refractivity contribution in [3.8, 4) is 0 Å². The zero-order valence-electron chi connectivity index (χ0n) is 13.1. The first-order valence-corrected chi connectivity index (χ1v) is 7.89. The average Bonchev–Trinajstić information content (AvgIpc) is 2.46. The maximum atomic E-state index is 12.0. The lowest BCUT2D eigenvalue weighted by Gasteiger charge is -2.33. The molecule has 1 aliphatic rings. The second-order valence-corrected chi connectivity index (χ2v) is 6.59. The van der Waals surface area contributed by atoms with Gasteiger partial charge in [0, 0.05) is 18.3 Å². The number of benzene rings is 1. The Hall–Kier alpha value is -1.55. The lowest BCUT2D eigenvalue weighted by Crippen LogP contribution is -2.39. The molecule has 1 atom stereocenters. The van der Waals surface area contributed by atoms with Crippen LogP contribution in [0.4, 0.5) is 10.5 Å². The molecule has 4 heteroatoms. The molecule has 2 rings (SSSR count). The summed E-state index contributed by atoms with van der Waals surface area (Å²) in [7, 11) is 0. The van der Waals surface area contributed by atoms with Gasteiger partial charge in [0.05, 0.1) is 0 Å². The fourth-order valence-electron chi connectivity index (χ4n) is 2.95. The van der Waals surface area contributed by atoms with Crippen LogP contribution in [0.2, 0.25) is 0 Å². The Labute approximate surface area is 127 Å². The van der Waals surface area contributed by atoms with Crippen LogP contribution < -0.4 is 16.4 Å². The summed E-state index contributed by atoms with van der Waals surface area (Å²) < 4.78 is 0. The number of hydrogen-bond acceptors (Lipinski definition) is 2. The SMILES string of the molecule is CC(N)c1cccc(NC(=O)NCC2(C)CCCCC2)c1. The Morgan fingerprint density at radius 2 is 2.05 bits per heavy atom. The highest BCUT2D eigenvalue weighted by atomic mass is 16.2. The Bertz CT molecular complexity index is 479. The number of amides is 2. The van der Waals surface area contributed by atoms with Gasteiger partial charge in [-0.3, -0.25) is 0 Å². The van der Waals surface area contributed by atoms with E-state index in [9.17, 15) is 4.79 Å². The fourth-order valence-corrected chi connectivity index (χ4v) is 2.95. The Kier molecular flexibility index (Phi) is 5.23. The number of nitrogens with two attached hydrogens (primary N) is 1. The second-order valence-electron chi connectivity index (χ2n) is 6.59. The van der Waals surface area contributed by atoms with Crippen LogP contribution in [0, 0.1) is 5.41 Å². The molecule has 0 aromatic heterocycles. The first-order chi connectivity index (χ1) is 9.98. The molecule has 116 valence electrons. The van der Waals surface area contributed by atoms with Crippen LogP contribution in [-0.4, -0.2) is 12.6 Å². The number of nitrogens with one attached hydrogen (secondary N) is 2. The molecular weight excluding hydrogens is 262 g/mol. The third-order valence-electron chi connectivity index (χ3n) is 4.41. The van der Waals surface area contributed by atoms with Gasteiger partial charge in [-0.25, -0.2) is 4.79 Å². The topological polar surface area (TPSA) is 67.1 Å². The van der Waals surface area contributed by atoms with E-state index in [0.717, 1.165) is 17.8 Å². The summed E-state index contributed by atoms with van der Waals surface area (Å²) in [6.07, 6.45) is 6.28. The summed E-state index contributed by atoms with van der Waals surface area (Å²) in [5.74, 6) is 0. The monoisotopic (exact) mass is 289 g/mol. The molecule has 4 nitrogen and oxygen atoms in total. The number of carbonyl (C=O) groups excluding carboxylic acids is 1. The summed E-state index contributed by atoms with van der Waals surface area (Å²) in [5.41, 5.74) is 7.92. The van der Waals surface area contributed by atoms with Crippen LogP contribution in [0.5, 0.6) is 0 Å². The third-order valence-corrected chi connectivity index (χ3v) is 4.41. The molecule has 0 aliphatic heterocycles. The Balaban J connectivity index is 1.85. The van der Waals surface area contributed by atoms with Gasteiger partial charge in [-0.2, -0.15) is 0 Å². The quantitative estimate of drug-likeness (QED) is 0.789. The number of anilines is 1. The second kappa shape index (κ2) is 6.94. The standard InChI is InChI=1S/C17H27N3O/c1-13(18)14-7-6-8-15(11-14)20-16(21)19-12-17(2)9-4-3-5-10-17/h6-8,11,13H,3-5,9-10,12,18H2,1-2H3,(H2,19,20,21). The number of carbonyl (C=O) groups is 1. The van der Waals surface area contributed by atoms with Crippen molar-refractivity contribution in [2.24, 2.45) is 11.1 Å². The normalized spacial score (nSPS) is 18.8. The summed E-state index contributed by atoms with van der Waals surface area (Å²) in [5, 5.41) is 5.90. The minimum absolute atomic E-state index is 0.0315. The summed E-state index contributed by atoms with van der Waals surface area (Å²) in [6, 6.07) is 7.52. The molecule has 1 aromatic rings. The zero-order chi connectivity index (χ0) is 15.3. The van der Waals surface area contributed by atoms with Crippen LogP contribution in [-0.2, 0) is 0 Å². The van der Waals surface area contributed by atoms with Crippen molar-refractivity contribution >= 4 is 11.7 Å². The van der Waals surface area contributed by atoms with E-state index in [4.69, 9.17) is 5.73 Å². The van der Waals surface area contributed by atoms with E-state index < -0.39 is 0 Å². The van der Waals surface area contributed by atoms with Crippen molar-refractivity contribution in [1.29, 1.82) is 0 Å². The molecule has 1 aromatic carbocycles. The third kappa shape index (κ3) is 4.74. The molecule has 1 fully saturated rings. The largest absolute Gasteiger partial charge is 0.337 e. The van der Waals surface area contributed by atoms with Gasteiger partial charge in [0.15, 0.2) is 0 Å². The van der Waals surface area contributed by atoms with Crippen molar-refractivity contribution in [3.05, 3.63) is 29.8 Å². The minimum atomic E-state index is -0.136. The molecular formula is C17H27N3O. The van der Waals surface area contributed by atoms with Gasteiger partial charge >= 0.3 is 6.03 Å². The molecule has 0 spiro atoms. The lowest BCUT2D eigenvalue weighted by atomic mass is 9.76. The number of rotatable bonds is 4. The molecule has 1 aliphatic carbocycles. The maximum absolute atomic E-state index is 12.0. The minimum Gasteiger partial charge on any atom is -0.337 e.